The van der Waals surface area contributed by atoms with E-state index >= 15 is 0 Å². The number of carbonyl (C=O) groups is 2. The Kier molecular flexibility index (Phi) is 10.8. The zero-order chi connectivity index (χ0) is 24.9. The van der Waals surface area contributed by atoms with Crippen molar-refractivity contribution < 1.29 is 19.9 Å². The third-order valence-corrected chi connectivity index (χ3v) is 5.76. The van der Waals surface area contributed by atoms with Crippen LogP contribution in [0.4, 0.5) is 0 Å². The van der Waals surface area contributed by atoms with Crippen LogP contribution in [0.2, 0.25) is 0 Å². The average molecular weight is 482 g/mol. The molecule has 1 aromatic heterocycles. The molecule has 0 radical (unpaired) electrons. The number of allylic oxidation sites excluding steroid dienone is 1. The highest BCUT2D eigenvalue weighted by Crippen LogP contribution is 2.24. The Morgan fingerprint density at radius 3 is 2.09 bits per heavy atom. The minimum Gasteiger partial charge on any atom is -0.508 e. The number of benzene rings is 2. The molecule has 0 saturated heterocycles. The molecule has 0 saturated carbocycles. The molecule has 3 rings (SSSR count). The smallest absolute Gasteiger partial charge is 0.274 e. The average Bonchev–Trinajstić information content (AvgIpc) is 3.40. The van der Waals surface area contributed by atoms with Crippen LogP contribution < -0.4 is 16.1 Å². The number of phenolic OH excluding ortho intramolecular Hbond substituents is 1. The second kappa shape index (κ2) is 13.8. The van der Waals surface area contributed by atoms with Gasteiger partial charge in [0.1, 0.15) is 11.4 Å². The number of hydrogen-bond donors (Lipinski definition) is 5. The highest BCUT2D eigenvalue weighted by molar-refractivity contribution is 7.09. The summed E-state index contributed by atoms with van der Waals surface area (Å²) >= 11 is 1.61. The van der Waals surface area contributed by atoms with E-state index in [9.17, 15) is 14.7 Å². The summed E-state index contributed by atoms with van der Waals surface area (Å²) in [5.74, 6) is -0.672. The number of amides is 2. The zero-order valence-electron chi connectivity index (χ0n) is 19.6. The molecule has 2 aromatic carbocycles. The molecule has 2 amide bonds. The van der Waals surface area contributed by atoms with E-state index in [1.165, 1.54) is 0 Å². The quantitative estimate of drug-likeness (QED) is 0.171. The summed E-state index contributed by atoms with van der Waals surface area (Å²) < 4.78 is 0. The molecule has 0 aliphatic carbocycles. The van der Waals surface area contributed by atoms with Crippen LogP contribution in [0.1, 0.15) is 53.6 Å². The van der Waals surface area contributed by atoms with E-state index in [4.69, 9.17) is 5.21 Å². The molecule has 5 N–H and O–H groups in total. The van der Waals surface area contributed by atoms with Gasteiger partial charge in [-0.25, -0.2) is 5.48 Å². The number of hydrogen-bond acceptors (Lipinski definition) is 6. The van der Waals surface area contributed by atoms with Gasteiger partial charge in [0.15, 0.2) is 0 Å². The van der Waals surface area contributed by atoms with Crippen LogP contribution in [0.15, 0.2) is 71.7 Å². The van der Waals surface area contributed by atoms with Gasteiger partial charge in [0, 0.05) is 23.5 Å². The fraction of sp³-hybridized carbons (Fsp3) is 0.231. The number of thiophene rings is 1. The lowest BCUT2D eigenvalue weighted by molar-refractivity contribution is -0.118. The fourth-order valence-electron chi connectivity index (χ4n) is 3.21. The van der Waals surface area contributed by atoms with Gasteiger partial charge >= 0.3 is 0 Å². The highest BCUT2D eigenvalue weighted by Gasteiger charge is 2.16. The summed E-state index contributed by atoms with van der Waals surface area (Å²) in [5.41, 5.74) is 4.90. The van der Waals surface area contributed by atoms with Gasteiger partial charge in [0.2, 0.25) is 0 Å². The molecule has 0 spiro atoms. The highest BCUT2D eigenvalue weighted by atomic mass is 32.1. The van der Waals surface area contributed by atoms with Gasteiger partial charge in [0.25, 0.3) is 11.8 Å². The molecular weight excluding hydrogens is 450 g/mol. The predicted molar refractivity (Wildman–Crippen MR) is 135 cm³/mol. The van der Waals surface area contributed by atoms with E-state index in [1.54, 1.807) is 65.3 Å². The van der Waals surface area contributed by atoms with Crippen molar-refractivity contribution in [3.63, 3.8) is 0 Å². The largest absolute Gasteiger partial charge is 0.508 e. The molecule has 0 atom stereocenters. The van der Waals surface area contributed by atoms with Crippen molar-refractivity contribution >= 4 is 28.7 Å². The van der Waals surface area contributed by atoms with E-state index in [0.717, 1.165) is 21.6 Å². The lowest BCUT2D eigenvalue weighted by atomic mass is 10.00. The number of carbonyl (C=O) groups excluding carboxylic acids is 2. The lowest BCUT2D eigenvalue weighted by Crippen LogP contribution is -2.32. The second-order valence-electron chi connectivity index (χ2n) is 7.01. The van der Waals surface area contributed by atoms with Crippen molar-refractivity contribution in [3.05, 3.63) is 93.3 Å². The SMILES string of the molecule is CC.CC/C(=C(\NCc1cccs1)C(=O)NCc1ccc(C(=O)NO)cc1)c1ccc(O)cc1. The van der Waals surface area contributed by atoms with Crippen molar-refractivity contribution in [2.75, 3.05) is 0 Å². The normalized spacial score (nSPS) is 10.9. The number of aromatic hydroxyl groups is 1. The van der Waals surface area contributed by atoms with Gasteiger partial charge in [-0.15, -0.1) is 11.3 Å². The number of phenols is 1. The molecule has 1 heterocycles. The van der Waals surface area contributed by atoms with Crippen molar-refractivity contribution in [2.24, 2.45) is 0 Å². The Morgan fingerprint density at radius 1 is 0.882 bits per heavy atom. The van der Waals surface area contributed by atoms with Gasteiger partial charge in [-0.05, 0) is 58.8 Å². The van der Waals surface area contributed by atoms with Crippen LogP contribution in [0, 0.1) is 0 Å². The molecule has 0 fully saturated rings. The minimum atomic E-state index is -0.593. The van der Waals surface area contributed by atoms with Crippen molar-refractivity contribution in [1.82, 2.24) is 16.1 Å². The van der Waals surface area contributed by atoms with Crippen LogP contribution >= 0.6 is 11.3 Å². The first-order chi connectivity index (χ1) is 16.5. The summed E-state index contributed by atoms with van der Waals surface area (Å²) in [7, 11) is 0. The van der Waals surface area contributed by atoms with Gasteiger partial charge in [-0.3, -0.25) is 14.8 Å². The summed E-state index contributed by atoms with van der Waals surface area (Å²) in [6.45, 7) is 6.77. The second-order valence-corrected chi connectivity index (χ2v) is 8.04. The Bertz CT molecular complexity index is 1080. The maximum Gasteiger partial charge on any atom is 0.274 e. The first kappa shape index (κ1) is 26.6. The molecule has 0 aliphatic rings. The molecule has 0 unspecified atom stereocenters. The van der Waals surface area contributed by atoms with E-state index in [2.05, 4.69) is 10.6 Å². The fourth-order valence-corrected chi connectivity index (χ4v) is 3.85. The molecular formula is C26H31N3O4S. The summed E-state index contributed by atoms with van der Waals surface area (Å²) in [6.07, 6.45) is 0.621. The van der Waals surface area contributed by atoms with Crippen LogP contribution in [0.5, 0.6) is 5.75 Å². The first-order valence-electron chi connectivity index (χ1n) is 11.1. The van der Waals surface area contributed by atoms with Crippen LogP contribution in [0.3, 0.4) is 0 Å². The van der Waals surface area contributed by atoms with Crippen molar-refractivity contribution in [2.45, 2.75) is 40.3 Å². The standard InChI is InChI=1S/C24H25N3O4S.C2H6/c1-2-21(17-9-11-19(28)12-10-17)22(25-15-20-4-3-13-32-20)24(30)26-14-16-5-7-18(8-6-16)23(29)27-31;1-2/h3-13,25,28,31H,2,14-15H2,1H3,(H,26,30)(H,27,29);1-2H3/b22-21+;. The summed E-state index contributed by atoms with van der Waals surface area (Å²) in [4.78, 5) is 25.7. The van der Waals surface area contributed by atoms with Gasteiger partial charge < -0.3 is 15.7 Å². The van der Waals surface area contributed by atoms with E-state index in [0.29, 0.717) is 24.2 Å². The van der Waals surface area contributed by atoms with Crippen LogP contribution in [-0.2, 0) is 17.9 Å². The topological polar surface area (TPSA) is 111 Å². The monoisotopic (exact) mass is 481 g/mol. The molecule has 0 aliphatic heterocycles. The summed E-state index contributed by atoms with van der Waals surface area (Å²) in [5, 5.41) is 26.5. The molecule has 34 heavy (non-hydrogen) atoms. The first-order valence-corrected chi connectivity index (χ1v) is 12.0. The van der Waals surface area contributed by atoms with Crippen molar-refractivity contribution in [3.8, 4) is 5.75 Å². The van der Waals surface area contributed by atoms with E-state index < -0.39 is 5.91 Å². The third kappa shape index (κ3) is 7.47. The Balaban J connectivity index is 0.00000199. The number of hydroxylamine groups is 1. The van der Waals surface area contributed by atoms with Crippen LogP contribution in [-0.4, -0.2) is 22.1 Å². The minimum absolute atomic E-state index is 0.167. The number of nitrogens with one attached hydrogen (secondary N) is 3. The van der Waals surface area contributed by atoms with Crippen LogP contribution in [0.25, 0.3) is 5.57 Å². The Morgan fingerprint density at radius 2 is 1.53 bits per heavy atom. The lowest BCUT2D eigenvalue weighted by Gasteiger charge is -2.17. The maximum absolute atomic E-state index is 13.2. The summed E-state index contributed by atoms with van der Waals surface area (Å²) in [6, 6.07) is 17.3. The maximum atomic E-state index is 13.2. The zero-order valence-corrected chi connectivity index (χ0v) is 20.4. The van der Waals surface area contributed by atoms with Gasteiger partial charge in [-0.2, -0.15) is 0 Å². The van der Waals surface area contributed by atoms with Crippen molar-refractivity contribution in [1.29, 1.82) is 0 Å². The van der Waals surface area contributed by atoms with E-state index in [-0.39, 0.29) is 18.2 Å². The van der Waals surface area contributed by atoms with Gasteiger partial charge in [-0.1, -0.05) is 51.1 Å². The van der Waals surface area contributed by atoms with Gasteiger partial charge in [0.05, 0.1) is 0 Å². The molecule has 3 aromatic rings. The predicted octanol–water partition coefficient (Wildman–Crippen LogP) is 4.83. The molecule has 7 nitrogen and oxygen atoms in total. The Labute approximate surface area is 204 Å². The molecule has 180 valence electrons. The third-order valence-electron chi connectivity index (χ3n) is 4.89. The van der Waals surface area contributed by atoms with E-state index in [1.807, 2.05) is 38.3 Å². The molecule has 0 bridgehead atoms. The Hall–Kier alpha value is -3.62. The molecule has 8 heteroatoms. The number of rotatable bonds is 9.